The third-order valence-electron chi connectivity index (χ3n) is 3.93. The normalized spacial score (nSPS) is 18.7. The number of rotatable bonds is 7. The Morgan fingerprint density at radius 3 is 2.22 bits per heavy atom. The second-order valence-corrected chi connectivity index (χ2v) is 5.90. The van der Waals surface area contributed by atoms with Crippen molar-refractivity contribution in [3.63, 3.8) is 0 Å². The number of carbonyl (C=O) groups is 2. The Labute approximate surface area is 137 Å². The van der Waals surface area contributed by atoms with Crippen LogP contribution in [0.2, 0.25) is 0 Å². The summed E-state index contributed by atoms with van der Waals surface area (Å²) in [6.07, 6.45) is 8.03. The number of ether oxygens (including phenoxy) is 2. The molecule has 2 N–H and O–H groups in total. The summed E-state index contributed by atoms with van der Waals surface area (Å²) in [6, 6.07) is -0.0793. The van der Waals surface area contributed by atoms with Crippen molar-refractivity contribution in [3.8, 4) is 0 Å². The molecule has 2 amide bonds. The molecule has 0 aromatic carbocycles. The van der Waals surface area contributed by atoms with E-state index in [0.717, 1.165) is 38.5 Å². The maximum Gasteiger partial charge on any atom is 0.250 e. The third-order valence-corrected chi connectivity index (χ3v) is 3.93. The molecule has 2 heterocycles. The van der Waals surface area contributed by atoms with E-state index in [4.69, 9.17) is 9.47 Å². The van der Waals surface area contributed by atoms with Crippen molar-refractivity contribution in [3.05, 3.63) is 23.7 Å². The molecule has 6 heteroatoms. The lowest BCUT2D eigenvalue weighted by atomic mass is 10.1. The average Bonchev–Trinajstić information content (AvgIpc) is 2.61. The second kappa shape index (κ2) is 9.22. The predicted octanol–water partition coefficient (Wildman–Crippen LogP) is 1.78. The van der Waals surface area contributed by atoms with Crippen LogP contribution in [0, 0.1) is 0 Å². The number of hydrogen-bond donors (Lipinski definition) is 2. The molecule has 128 valence electrons. The Bertz CT molecular complexity index is 485. The van der Waals surface area contributed by atoms with E-state index in [9.17, 15) is 9.59 Å². The lowest BCUT2D eigenvalue weighted by Gasteiger charge is -2.21. The quantitative estimate of drug-likeness (QED) is 0.749. The summed E-state index contributed by atoms with van der Waals surface area (Å²) in [5, 5.41) is 5.89. The first kappa shape index (κ1) is 17.4. The third kappa shape index (κ3) is 5.62. The zero-order valence-corrected chi connectivity index (χ0v) is 13.7. The molecule has 0 fully saturated rings. The molecule has 0 saturated heterocycles. The van der Waals surface area contributed by atoms with Crippen LogP contribution in [0.4, 0.5) is 0 Å². The molecule has 0 aromatic rings. The Kier molecular flexibility index (Phi) is 6.97. The Balaban J connectivity index is 1.83. The van der Waals surface area contributed by atoms with E-state index in [2.05, 4.69) is 17.6 Å². The van der Waals surface area contributed by atoms with Crippen molar-refractivity contribution in [1.82, 2.24) is 10.6 Å². The van der Waals surface area contributed by atoms with Crippen molar-refractivity contribution < 1.29 is 19.1 Å². The highest BCUT2D eigenvalue weighted by Gasteiger charge is 2.19. The van der Waals surface area contributed by atoms with Crippen molar-refractivity contribution in [2.45, 2.75) is 51.5 Å². The van der Waals surface area contributed by atoms with Gasteiger partial charge >= 0.3 is 0 Å². The van der Waals surface area contributed by atoms with Crippen molar-refractivity contribution in [2.24, 2.45) is 0 Å². The van der Waals surface area contributed by atoms with E-state index in [1.165, 1.54) is 6.26 Å². The van der Waals surface area contributed by atoms with Gasteiger partial charge in [-0.25, -0.2) is 0 Å². The minimum Gasteiger partial charge on any atom is -0.501 e. The van der Waals surface area contributed by atoms with Gasteiger partial charge in [0.15, 0.2) is 0 Å². The van der Waals surface area contributed by atoms with Crippen LogP contribution in [0.5, 0.6) is 0 Å². The first-order valence-electron chi connectivity index (χ1n) is 8.41. The van der Waals surface area contributed by atoms with E-state index < -0.39 is 0 Å². The largest absolute Gasteiger partial charge is 0.501 e. The zero-order chi connectivity index (χ0) is 16.5. The molecule has 0 radical (unpaired) electrons. The molecule has 0 unspecified atom stereocenters. The fraction of sp³-hybridized carbons (Fsp3) is 0.647. The summed E-state index contributed by atoms with van der Waals surface area (Å²) in [5.74, 6) is -0.210. The van der Waals surface area contributed by atoms with Gasteiger partial charge < -0.3 is 20.1 Å². The molecule has 1 atom stereocenters. The highest BCUT2D eigenvalue weighted by Crippen LogP contribution is 2.13. The summed E-state index contributed by atoms with van der Waals surface area (Å²) in [7, 11) is 0. The van der Waals surface area contributed by atoms with Gasteiger partial charge in [0.2, 0.25) is 5.91 Å². The minimum atomic E-state index is -0.111. The molecule has 0 aromatic heterocycles. The maximum atomic E-state index is 12.2. The Hall–Kier alpha value is -1.98. The first-order valence-corrected chi connectivity index (χ1v) is 8.41. The Morgan fingerprint density at radius 2 is 1.70 bits per heavy atom. The van der Waals surface area contributed by atoms with E-state index in [-0.39, 0.29) is 17.9 Å². The molecule has 6 nitrogen and oxygen atoms in total. The summed E-state index contributed by atoms with van der Waals surface area (Å²) in [5.41, 5.74) is 1.34. The minimum absolute atomic E-state index is 0.0793. The van der Waals surface area contributed by atoms with E-state index >= 15 is 0 Å². The number of nitrogens with one attached hydrogen (secondary N) is 2. The van der Waals surface area contributed by atoms with Gasteiger partial charge in [0, 0.05) is 12.6 Å². The van der Waals surface area contributed by atoms with Gasteiger partial charge in [-0.1, -0.05) is 13.3 Å². The molecule has 0 saturated carbocycles. The molecule has 23 heavy (non-hydrogen) atoms. The van der Waals surface area contributed by atoms with Crippen molar-refractivity contribution in [1.29, 1.82) is 0 Å². The summed E-state index contributed by atoms with van der Waals surface area (Å²) >= 11 is 0. The van der Waals surface area contributed by atoms with Crippen LogP contribution in [-0.4, -0.2) is 37.6 Å². The van der Waals surface area contributed by atoms with Crippen LogP contribution in [-0.2, 0) is 19.1 Å². The van der Waals surface area contributed by atoms with Gasteiger partial charge in [-0.3, -0.25) is 9.59 Å². The molecular formula is C17H26N2O4. The lowest BCUT2D eigenvalue weighted by molar-refractivity contribution is -0.120. The number of carbonyl (C=O) groups excluding carboxylic acids is 2. The number of amides is 2. The molecule has 2 aliphatic heterocycles. The van der Waals surface area contributed by atoms with E-state index in [0.29, 0.717) is 30.9 Å². The fourth-order valence-corrected chi connectivity index (χ4v) is 2.64. The van der Waals surface area contributed by atoms with Gasteiger partial charge in [-0.15, -0.1) is 0 Å². The fourth-order valence-electron chi connectivity index (χ4n) is 2.64. The summed E-state index contributed by atoms with van der Waals surface area (Å²) in [6.45, 7) is 3.82. The highest BCUT2D eigenvalue weighted by molar-refractivity contribution is 5.94. The van der Waals surface area contributed by atoms with Gasteiger partial charge in [0.05, 0.1) is 36.9 Å². The SMILES string of the molecule is CCC[C@@H](CNC(=O)C1=COCCC1)NC(=O)C1=COCCC1. The summed E-state index contributed by atoms with van der Waals surface area (Å²) in [4.78, 5) is 24.3. The second-order valence-electron chi connectivity index (χ2n) is 5.90. The van der Waals surface area contributed by atoms with Crippen LogP contribution in [0.25, 0.3) is 0 Å². The Morgan fingerprint density at radius 1 is 1.09 bits per heavy atom. The monoisotopic (exact) mass is 322 g/mol. The average molecular weight is 322 g/mol. The molecule has 0 aliphatic carbocycles. The molecular weight excluding hydrogens is 296 g/mol. The van der Waals surface area contributed by atoms with Crippen LogP contribution in [0.3, 0.4) is 0 Å². The number of hydrogen-bond acceptors (Lipinski definition) is 4. The zero-order valence-electron chi connectivity index (χ0n) is 13.7. The van der Waals surface area contributed by atoms with Crippen molar-refractivity contribution in [2.75, 3.05) is 19.8 Å². The lowest BCUT2D eigenvalue weighted by Crippen LogP contribution is -2.44. The van der Waals surface area contributed by atoms with Crippen LogP contribution < -0.4 is 10.6 Å². The molecule has 2 rings (SSSR count). The van der Waals surface area contributed by atoms with Crippen molar-refractivity contribution >= 4 is 11.8 Å². The summed E-state index contributed by atoms with van der Waals surface area (Å²) < 4.78 is 10.4. The molecule has 0 bridgehead atoms. The molecule has 0 spiro atoms. The van der Waals surface area contributed by atoms with Gasteiger partial charge in [0.1, 0.15) is 0 Å². The van der Waals surface area contributed by atoms with Gasteiger partial charge in [0.25, 0.3) is 5.91 Å². The van der Waals surface area contributed by atoms with Crippen LogP contribution in [0.1, 0.15) is 45.4 Å². The predicted molar refractivity (Wildman–Crippen MR) is 86.4 cm³/mol. The maximum absolute atomic E-state index is 12.2. The highest BCUT2D eigenvalue weighted by atomic mass is 16.5. The van der Waals surface area contributed by atoms with Crippen LogP contribution >= 0.6 is 0 Å². The standard InChI is InChI=1S/C17H26N2O4/c1-2-5-15(19-17(21)14-7-4-9-23-12-14)10-18-16(20)13-6-3-8-22-11-13/h11-12,15H,2-10H2,1H3,(H,18,20)(H,19,21)/t15-/m0/s1. The van der Waals surface area contributed by atoms with E-state index in [1.54, 1.807) is 6.26 Å². The van der Waals surface area contributed by atoms with Gasteiger partial charge in [-0.2, -0.15) is 0 Å². The van der Waals surface area contributed by atoms with Crippen LogP contribution in [0.15, 0.2) is 23.7 Å². The van der Waals surface area contributed by atoms with Gasteiger partial charge in [-0.05, 0) is 32.1 Å². The molecule has 2 aliphatic rings. The topological polar surface area (TPSA) is 76.7 Å². The first-order chi connectivity index (χ1) is 11.2. The van der Waals surface area contributed by atoms with E-state index in [1.807, 2.05) is 0 Å². The smallest absolute Gasteiger partial charge is 0.250 e.